The zero-order chi connectivity index (χ0) is 16.4. The Bertz CT molecular complexity index is 983. The molecule has 0 amide bonds. The van der Waals surface area contributed by atoms with E-state index in [4.69, 9.17) is 16.0 Å². The second-order valence-electron chi connectivity index (χ2n) is 4.78. The van der Waals surface area contributed by atoms with Crippen molar-refractivity contribution >= 4 is 10.0 Å². The number of sulfonamides is 1. The van der Waals surface area contributed by atoms with E-state index in [1.165, 1.54) is 12.1 Å². The van der Waals surface area contributed by atoms with E-state index in [1.807, 2.05) is 30.3 Å². The number of nitrogens with two attached hydrogens (primary N) is 1. The van der Waals surface area contributed by atoms with Gasteiger partial charge in [-0.05, 0) is 30.2 Å². The minimum atomic E-state index is -3.74. The molecule has 0 unspecified atom stereocenters. The number of rotatable bonds is 3. The number of benzene rings is 2. The van der Waals surface area contributed by atoms with Crippen molar-refractivity contribution in [2.24, 2.45) is 5.14 Å². The third-order valence-corrected chi connectivity index (χ3v) is 4.17. The summed E-state index contributed by atoms with van der Waals surface area (Å²) in [6.45, 7) is 0. The fourth-order valence-corrected chi connectivity index (χ4v) is 2.68. The summed E-state index contributed by atoms with van der Waals surface area (Å²) in [5, 5.41) is 5.10. The lowest BCUT2D eigenvalue weighted by Crippen LogP contribution is -2.11. The van der Waals surface area contributed by atoms with E-state index in [0.717, 1.165) is 5.56 Å². The van der Waals surface area contributed by atoms with Crippen LogP contribution in [0.4, 0.5) is 0 Å². The minimum Gasteiger partial charge on any atom is -0.429 e. The number of terminal acetylenes is 1. The quantitative estimate of drug-likeness (QED) is 0.750. The molecule has 2 N–H and O–H groups in total. The first-order chi connectivity index (χ1) is 11.0. The van der Waals surface area contributed by atoms with Gasteiger partial charge in [-0.3, -0.25) is 0 Å². The topological polar surface area (TPSA) is 86.2 Å². The van der Waals surface area contributed by atoms with Gasteiger partial charge >= 0.3 is 0 Å². The van der Waals surface area contributed by atoms with Crippen molar-refractivity contribution in [2.75, 3.05) is 0 Å². The van der Waals surface area contributed by atoms with E-state index in [2.05, 4.69) is 10.9 Å². The van der Waals surface area contributed by atoms with Gasteiger partial charge in [0.1, 0.15) is 5.69 Å². The number of hydrogen-bond acceptors (Lipinski definition) is 4. The molecule has 0 atom stereocenters. The van der Waals surface area contributed by atoms with Crippen LogP contribution in [0.3, 0.4) is 0 Å². The highest BCUT2D eigenvalue weighted by Crippen LogP contribution is 2.32. The van der Waals surface area contributed by atoms with Crippen LogP contribution >= 0.6 is 0 Å². The molecule has 0 fully saturated rings. The molecule has 0 bridgehead atoms. The second kappa shape index (κ2) is 5.72. The Morgan fingerprint density at radius 1 is 1.00 bits per heavy atom. The van der Waals surface area contributed by atoms with Gasteiger partial charge in [0, 0.05) is 11.1 Å². The summed E-state index contributed by atoms with van der Waals surface area (Å²) in [5.41, 5.74) is 2.11. The monoisotopic (exact) mass is 324 g/mol. The van der Waals surface area contributed by atoms with Crippen LogP contribution in [0.2, 0.25) is 0 Å². The Kier molecular flexibility index (Phi) is 3.74. The first kappa shape index (κ1) is 15.0. The molecule has 0 aliphatic heterocycles. The molecule has 23 heavy (non-hydrogen) atoms. The van der Waals surface area contributed by atoms with Gasteiger partial charge in [0.05, 0.1) is 4.90 Å². The van der Waals surface area contributed by atoms with E-state index in [-0.39, 0.29) is 10.8 Å². The third-order valence-electron chi connectivity index (χ3n) is 3.24. The van der Waals surface area contributed by atoms with E-state index in [9.17, 15) is 8.42 Å². The summed E-state index contributed by atoms with van der Waals surface area (Å²) in [6.07, 6.45) is 5.37. The van der Waals surface area contributed by atoms with Gasteiger partial charge in [0.25, 0.3) is 5.89 Å². The van der Waals surface area contributed by atoms with Crippen molar-refractivity contribution in [1.82, 2.24) is 4.98 Å². The Hall–Kier alpha value is -2.88. The molecular formula is C17H12N2O3S. The average molecular weight is 324 g/mol. The SMILES string of the molecule is C#Cc1nc(-c2ccccc2)c(-c2ccc(S(N)(=O)=O)cc2)o1. The normalized spacial score (nSPS) is 11.1. The molecule has 0 spiro atoms. The van der Waals surface area contributed by atoms with Crippen LogP contribution in [0.1, 0.15) is 5.89 Å². The number of oxazole rings is 1. The Labute approximate surface area is 133 Å². The fraction of sp³-hybridized carbons (Fsp3) is 0. The zero-order valence-electron chi connectivity index (χ0n) is 11.9. The maximum absolute atomic E-state index is 11.3. The highest BCUT2D eigenvalue weighted by atomic mass is 32.2. The Morgan fingerprint density at radius 2 is 1.65 bits per heavy atom. The molecular weight excluding hydrogens is 312 g/mol. The van der Waals surface area contributed by atoms with Crippen molar-refractivity contribution in [3.63, 3.8) is 0 Å². The van der Waals surface area contributed by atoms with Crippen LogP contribution in [0, 0.1) is 12.3 Å². The lowest BCUT2D eigenvalue weighted by Gasteiger charge is -2.03. The van der Waals surface area contributed by atoms with E-state index in [0.29, 0.717) is 17.0 Å². The number of primary sulfonamides is 1. The second-order valence-corrected chi connectivity index (χ2v) is 6.34. The maximum Gasteiger partial charge on any atom is 0.274 e. The lowest BCUT2D eigenvalue weighted by atomic mass is 10.1. The van der Waals surface area contributed by atoms with Crippen molar-refractivity contribution in [3.8, 4) is 34.9 Å². The Morgan fingerprint density at radius 3 is 2.22 bits per heavy atom. The number of nitrogens with zero attached hydrogens (tertiary/aromatic N) is 1. The van der Waals surface area contributed by atoms with Crippen molar-refractivity contribution < 1.29 is 12.8 Å². The highest BCUT2D eigenvalue weighted by Gasteiger charge is 2.17. The third kappa shape index (κ3) is 3.01. The van der Waals surface area contributed by atoms with Crippen molar-refractivity contribution in [2.45, 2.75) is 4.90 Å². The molecule has 1 aromatic heterocycles. The predicted molar refractivity (Wildman–Crippen MR) is 86.7 cm³/mol. The molecule has 0 aliphatic rings. The van der Waals surface area contributed by atoms with Gasteiger partial charge in [0.2, 0.25) is 10.0 Å². The van der Waals surface area contributed by atoms with E-state index >= 15 is 0 Å². The summed E-state index contributed by atoms with van der Waals surface area (Å²) < 4.78 is 28.3. The Balaban J connectivity index is 2.13. The molecule has 3 rings (SSSR count). The largest absolute Gasteiger partial charge is 0.429 e. The molecule has 2 aromatic carbocycles. The molecule has 0 radical (unpaired) electrons. The van der Waals surface area contributed by atoms with Crippen molar-refractivity contribution in [3.05, 3.63) is 60.5 Å². The molecule has 1 heterocycles. The maximum atomic E-state index is 11.3. The molecule has 0 aliphatic carbocycles. The zero-order valence-corrected chi connectivity index (χ0v) is 12.7. The number of aromatic nitrogens is 1. The summed E-state index contributed by atoms with van der Waals surface area (Å²) >= 11 is 0. The first-order valence-corrected chi connectivity index (χ1v) is 8.20. The van der Waals surface area contributed by atoms with E-state index in [1.54, 1.807) is 12.1 Å². The van der Waals surface area contributed by atoms with Gasteiger partial charge < -0.3 is 4.42 Å². The van der Waals surface area contributed by atoms with Gasteiger partial charge in [-0.1, -0.05) is 30.3 Å². The van der Waals surface area contributed by atoms with Crippen molar-refractivity contribution in [1.29, 1.82) is 0 Å². The molecule has 6 heteroatoms. The summed E-state index contributed by atoms with van der Waals surface area (Å²) in [4.78, 5) is 4.33. The van der Waals surface area contributed by atoms with Crippen LogP contribution < -0.4 is 5.14 Å². The summed E-state index contributed by atoms with van der Waals surface area (Å²) in [6, 6.07) is 15.5. The molecule has 5 nitrogen and oxygen atoms in total. The molecule has 0 saturated carbocycles. The van der Waals surface area contributed by atoms with Crippen LogP contribution in [0.15, 0.2) is 63.9 Å². The highest BCUT2D eigenvalue weighted by molar-refractivity contribution is 7.89. The fourth-order valence-electron chi connectivity index (χ4n) is 2.17. The van der Waals surface area contributed by atoms with Gasteiger partial charge in [-0.25, -0.2) is 18.5 Å². The van der Waals surface area contributed by atoms with Crippen LogP contribution in [0.25, 0.3) is 22.6 Å². The average Bonchev–Trinajstić information content (AvgIpc) is 2.99. The van der Waals surface area contributed by atoms with Gasteiger partial charge in [0.15, 0.2) is 5.76 Å². The van der Waals surface area contributed by atoms with Gasteiger partial charge in [-0.2, -0.15) is 0 Å². The predicted octanol–water partition coefficient (Wildman–Crippen LogP) is 2.64. The van der Waals surface area contributed by atoms with Crippen LogP contribution in [0.5, 0.6) is 0 Å². The summed E-state index contributed by atoms with van der Waals surface area (Å²) in [7, 11) is -3.74. The minimum absolute atomic E-state index is 0.0270. The molecule has 114 valence electrons. The van der Waals surface area contributed by atoms with Gasteiger partial charge in [-0.15, -0.1) is 6.42 Å². The van der Waals surface area contributed by atoms with Crippen LogP contribution in [-0.2, 0) is 10.0 Å². The first-order valence-electron chi connectivity index (χ1n) is 6.65. The van der Waals surface area contributed by atoms with Crippen LogP contribution in [-0.4, -0.2) is 13.4 Å². The number of hydrogen-bond donors (Lipinski definition) is 1. The molecule has 0 saturated heterocycles. The smallest absolute Gasteiger partial charge is 0.274 e. The lowest BCUT2D eigenvalue weighted by molar-refractivity contribution is 0.557. The molecule has 3 aromatic rings. The standard InChI is InChI=1S/C17H12N2O3S/c1-2-15-19-16(12-6-4-3-5-7-12)17(22-15)13-8-10-14(11-9-13)23(18,20)21/h1,3-11H,(H2,18,20,21). The summed E-state index contributed by atoms with van der Waals surface area (Å²) in [5.74, 6) is 3.01. The van der Waals surface area contributed by atoms with E-state index < -0.39 is 10.0 Å².